The number of hydrogen-bond acceptors (Lipinski definition) is 0. The van der Waals surface area contributed by atoms with E-state index in [1.54, 1.807) is 0 Å². The minimum absolute atomic E-state index is 0.254. The zero-order chi connectivity index (χ0) is 18.5. The summed E-state index contributed by atoms with van der Waals surface area (Å²) >= 11 is 0. The molecule has 0 spiro atoms. The second-order valence-electron chi connectivity index (χ2n) is 7.25. The summed E-state index contributed by atoms with van der Waals surface area (Å²) in [5, 5.41) is 0. The fourth-order valence-corrected chi connectivity index (χ4v) is 4.43. The van der Waals surface area contributed by atoms with Crippen molar-refractivity contribution in [1.82, 2.24) is 0 Å². The highest BCUT2D eigenvalue weighted by Crippen LogP contribution is 2.48. The van der Waals surface area contributed by atoms with E-state index >= 15 is 0 Å². The molecule has 0 fully saturated rings. The maximum atomic E-state index is 2.45. The number of allylic oxidation sites excluding steroid dienone is 4. The van der Waals surface area contributed by atoms with E-state index in [4.69, 9.17) is 0 Å². The summed E-state index contributed by atoms with van der Waals surface area (Å²) in [6.45, 7) is 2.26. The summed E-state index contributed by atoms with van der Waals surface area (Å²) in [7, 11) is 0. The lowest BCUT2D eigenvalue weighted by Gasteiger charge is -2.37. The van der Waals surface area contributed by atoms with Crippen LogP contribution in [0.1, 0.15) is 42.9 Å². The minimum Gasteiger partial charge on any atom is -0.0772 e. The molecular formula is C27H26. The average molecular weight is 351 g/mol. The van der Waals surface area contributed by atoms with E-state index < -0.39 is 0 Å². The van der Waals surface area contributed by atoms with Crippen LogP contribution in [0.15, 0.2) is 114 Å². The Morgan fingerprint density at radius 1 is 0.667 bits per heavy atom. The van der Waals surface area contributed by atoms with Gasteiger partial charge < -0.3 is 0 Å². The van der Waals surface area contributed by atoms with Gasteiger partial charge >= 0.3 is 0 Å². The van der Waals surface area contributed by atoms with Gasteiger partial charge in [0.15, 0.2) is 0 Å². The summed E-state index contributed by atoms with van der Waals surface area (Å²) in [4.78, 5) is 0. The molecule has 0 radical (unpaired) electrons. The Hall–Kier alpha value is -2.86. The van der Waals surface area contributed by atoms with Crippen molar-refractivity contribution < 1.29 is 0 Å². The van der Waals surface area contributed by atoms with E-state index in [1.807, 2.05) is 0 Å². The molecule has 0 aliphatic heterocycles. The van der Waals surface area contributed by atoms with Crippen LogP contribution >= 0.6 is 0 Å². The van der Waals surface area contributed by atoms with Gasteiger partial charge in [-0.15, -0.1) is 0 Å². The van der Waals surface area contributed by atoms with Crippen LogP contribution < -0.4 is 0 Å². The van der Waals surface area contributed by atoms with Crippen LogP contribution in [0, 0.1) is 0 Å². The summed E-state index contributed by atoms with van der Waals surface area (Å²) in [6, 6.07) is 32.9. The van der Waals surface area contributed by atoms with Crippen LogP contribution in [0.3, 0.4) is 0 Å². The normalized spacial score (nSPS) is 14.0. The molecule has 4 rings (SSSR count). The summed E-state index contributed by atoms with van der Waals surface area (Å²) < 4.78 is 0. The van der Waals surface area contributed by atoms with E-state index in [2.05, 4.69) is 110 Å². The number of rotatable bonds is 6. The van der Waals surface area contributed by atoms with Crippen molar-refractivity contribution in [2.45, 2.75) is 31.6 Å². The fourth-order valence-electron chi connectivity index (χ4n) is 4.43. The Morgan fingerprint density at radius 3 is 1.52 bits per heavy atom. The summed E-state index contributed by atoms with van der Waals surface area (Å²) in [6.07, 6.45) is 8.22. The van der Waals surface area contributed by atoms with Gasteiger partial charge in [0.1, 0.15) is 0 Å². The van der Waals surface area contributed by atoms with Gasteiger partial charge in [0.25, 0.3) is 0 Å². The lowest BCUT2D eigenvalue weighted by Crippen LogP contribution is -2.31. The Balaban J connectivity index is 2.01. The standard InChI is InChI=1S/C27H26/c1-2-12-22-19-20-26(21-22)27(23-13-6-3-7-14-23,24-15-8-4-9-16-24)25-17-10-5-11-18-25/h3-11,13-19,21H,2,12,20H2,1H3. The van der Waals surface area contributed by atoms with Crippen molar-refractivity contribution >= 4 is 0 Å². The molecule has 0 heteroatoms. The van der Waals surface area contributed by atoms with Gasteiger partial charge in [0.05, 0.1) is 5.41 Å². The first-order chi connectivity index (χ1) is 13.4. The van der Waals surface area contributed by atoms with Crippen LogP contribution in [-0.4, -0.2) is 0 Å². The van der Waals surface area contributed by atoms with Crippen LogP contribution in [0.4, 0.5) is 0 Å². The molecule has 0 saturated carbocycles. The molecule has 0 unspecified atom stereocenters. The zero-order valence-corrected chi connectivity index (χ0v) is 15.9. The molecule has 1 aliphatic rings. The first-order valence-electron chi connectivity index (χ1n) is 9.92. The molecule has 0 nitrogen and oxygen atoms in total. The Kier molecular flexibility index (Phi) is 5.07. The van der Waals surface area contributed by atoms with Crippen molar-refractivity contribution in [1.29, 1.82) is 0 Å². The van der Waals surface area contributed by atoms with Gasteiger partial charge in [-0.1, -0.05) is 122 Å². The van der Waals surface area contributed by atoms with Crippen LogP contribution in [0.25, 0.3) is 0 Å². The molecule has 3 aromatic rings. The van der Waals surface area contributed by atoms with Crippen LogP contribution in [0.2, 0.25) is 0 Å². The van der Waals surface area contributed by atoms with Crippen molar-refractivity contribution in [2.75, 3.05) is 0 Å². The Labute approximate surface area is 162 Å². The highest BCUT2D eigenvalue weighted by Gasteiger charge is 2.40. The molecule has 134 valence electrons. The van der Waals surface area contributed by atoms with E-state index in [-0.39, 0.29) is 5.41 Å². The molecule has 0 heterocycles. The number of benzene rings is 3. The van der Waals surface area contributed by atoms with E-state index in [0.29, 0.717) is 0 Å². The molecule has 0 saturated heterocycles. The van der Waals surface area contributed by atoms with Gasteiger partial charge in [-0.3, -0.25) is 0 Å². The predicted molar refractivity (Wildman–Crippen MR) is 115 cm³/mol. The van der Waals surface area contributed by atoms with Gasteiger partial charge in [-0.05, 0) is 35.1 Å². The first kappa shape index (κ1) is 17.5. The fraction of sp³-hybridized carbons (Fsp3) is 0.185. The lowest BCUT2D eigenvalue weighted by atomic mass is 9.64. The molecule has 0 atom stereocenters. The van der Waals surface area contributed by atoms with Crippen molar-refractivity contribution in [3.63, 3.8) is 0 Å². The van der Waals surface area contributed by atoms with Crippen LogP contribution in [-0.2, 0) is 5.41 Å². The smallest absolute Gasteiger partial charge is 0.0667 e. The highest BCUT2D eigenvalue weighted by atomic mass is 14.4. The third-order valence-electron chi connectivity index (χ3n) is 5.58. The van der Waals surface area contributed by atoms with Crippen LogP contribution in [0.5, 0.6) is 0 Å². The third kappa shape index (κ3) is 3.17. The molecular weight excluding hydrogens is 324 g/mol. The second-order valence-corrected chi connectivity index (χ2v) is 7.25. The molecule has 3 aromatic carbocycles. The van der Waals surface area contributed by atoms with E-state index in [9.17, 15) is 0 Å². The van der Waals surface area contributed by atoms with Gasteiger partial charge in [-0.2, -0.15) is 0 Å². The minimum atomic E-state index is -0.254. The molecule has 1 aliphatic carbocycles. The molecule has 0 aromatic heterocycles. The first-order valence-corrected chi connectivity index (χ1v) is 9.92. The third-order valence-corrected chi connectivity index (χ3v) is 5.58. The Bertz CT molecular complexity index is 834. The summed E-state index contributed by atoms with van der Waals surface area (Å²) in [5.74, 6) is 0. The number of hydrogen-bond donors (Lipinski definition) is 0. The quantitative estimate of drug-likeness (QED) is 0.417. The molecule has 0 bridgehead atoms. The SMILES string of the molecule is CCCC1=CCC(C(c2ccccc2)(c2ccccc2)c2ccccc2)=C1. The molecule has 0 amide bonds. The van der Waals surface area contributed by atoms with E-state index in [1.165, 1.54) is 34.3 Å². The zero-order valence-electron chi connectivity index (χ0n) is 15.9. The van der Waals surface area contributed by atoms with Crippen molar-refractivity contribution in [3.05, 3.63) is 131 Å². The van der Waals surface area contributed by atoms with E-state index in [0.717, 1.165) is 12.8 Å². The molecule has 27 heavy (non-hydrogen) atoms. The average Bonchev–Trinajstić information content (AvgIpc) is 3.20. The van der Waals surface area contributed by atoms with Gasteiger partial charge in [-0.25, -0.2) is 0 Å². The van der Waals surface area contributed by atoms with Gasteiger partial charge in [0.2, 0.25) is 0 Å². The Morgan fingerprint density at radius 2 is 1.11 bits per heavy atom. The van der Waals surface area contributed by atoms with Crippen molar-refractivity contribution in [3.8, 4) is 0 Å². The van der Waals surface area contributed by atoms with Gasteiger partial charge in [0, 0.05) is 0 Å². The maximum absolute atomic E-state index is 2.45. The monoisotopic (exact) mass is 350 g/mol. The predicted octanol–water partition coefficient (Wildman–Crippen LogP) is 7.08. The lowest BCUT2D eigenvalue weighted by molar-refractivity contribution is 0.711. The van der Waals surface area contributed by atoms with Crippen molar-refractivity contribution in [2.24, 2.45) is 0 Å². The highest BCUT2D eigenvalue weighted by molar-refractivity contribution is 5.61. The second kappa shape index (κ2) is 7.80. The largest absolute Gasteiger partial charge is 0.0772 e. The maximum Gasteiger partial charge on any atom is 0.0667 e. The summed E-state index contributed by atoms with van der Waals surface area (Å²) in [5.41, 5.74) is 6.68. The molecule has 0 N–H and O–H groups in total. The topological polar surface area (TPSA) is 0 Å².